The first-order valence-corrected chi connectivity index (χ1v) is 11.9. The number of amides is 1. The third-order valence-corrected chi connectivity index (χ3v) is 8.07. The Kier molecular flexibility index (Phi) is 7.42. The van der Waals surface area contributed by atoms with Crippen LogP contribution in [0.3, 0.4) is 0 Å². The molecule has 0 spiro atoms. The van der Waals surface area contributed by atoms with Crippen LogP contribution in [0, 0.1) is 0 Å². The van der Waals surface area contributed by atoms with E-state index in [1.54, 1.807) is 18.0 Å². The fraction of sp³-hybridized carbons (Fsp3) is 0.381. The van der Waals surface area contributed by atoms with Gasteiger partial charge in [0.05, 0.1) is 17.6 Å². The van der Waals surface area contributed by atoms with E-state index in [4.69, 9.17) is 23.2 Å². The molecule has 1 atom stereocenters. The summed E-state index contributed by atoms with van der Waals surface area (Å²) in [6, 6.07) is 14.2. The maximum atomic E-state index is 12.9. The highest BCUT2D eigenvalue weighted by molar-refractivity contribution is 7.89. The lowest BCUT2D eigenvalue weighted by Crippen LogP contribution is -2.51. The van der Waals surface area contributed by atoms with Crippen LogP contribution in [0.5, 0.6) is 0 Å². The summed E-state index contributed by atoms with van der Waals surface area (Å²) < 4.78 is 27.3. The molecule has 2 aromatic carbocycles. The number of nitrogens with zero attached hydrogens (tertiary/aromatic N) is 3. The molecule has 1 aliphatic rings. The number of piperazine rings is 1. The first kappa shape index (κ1) is 23.0. The number of sulfonamides is 1. The lowest BCUT2D eigenvalue weighted by molar-refractivity contribution is -0.133. The van der Waals surface area contributed by atoms with Gasteiger partial charge in [0.1, 0.15) is 4.90 Å². The second-order valence-electron chi connectivity index (χ2n) is 7.35. The summed E-state index contributed by atoms with van der Waals surface area (Å²) in [7, 11) is -1.94. The van der Waals surface area contributed by atoms with E-state index in [-0.39, 0.29) is 41.5 Å². The number of likely N-dealkylation sites (N-methyl/N-ethyl adjacent to an activating group) is 1. The maximum absolute atomic E-state index is 12.9. The molecule has 6 nitrogen and oxygen atoms in total. The van der Waals surface area contributed by atoms with Crippen LogP contribution < -0.4 is 0 Å². The first-order valence-electron chi connectivity index (χ1n) is 9.68. The van der Waals surface area contributed by atoms with Crippen molar-refractivity contribution in [1.82, 2.24) is 14.1 Å². The molecule has 0 bridgehead atoms. The number of benzene rings is 2. The van der Waals surface area contributed by atoms with Crippen molar-refractivity contribution in [3.05, 3.63) is 64.1 Å². The minimum Gasteiger partial charge on any atom is -0.338 e. The van der Waals surface area contributed by atoms with E-state index in [0.717, 1.165) is 5.56 Å². The van der Waals surface area contributed by atoms with Crippen LogP contribution in [-0.2, 0) is 14.8 Å². The lowest BCUT2D eigenvalue weighted by atomic mass is 10.1. The zero-order valence-corrected chi connectivity index (χ0v) is 19.3. The van der Waals surface area contributed by atoms with Crippen molar-refractivity contribution in [3.8, 4) is 0 Å². The van der Waals surface area contributed by atoms with Gasteiger partial charge in [-0.15, -0.1) is 0 Å². The van der Waals surface area contributed by atoms with Crippen LogP contribution in [0.25, 0.3) is 0 Å². The van der Waals surface area contributed by atoms with Gasteiger partial charge in [-0.25, -0.2) is 8.42 Å². The van der Waals surface area contributed by atoms with E-state index < -0.39 is 10.0 Å². The minimum absolute atomic E-state index is 0.000505. The fourth-order valence-corrected chi connectivity index (χ4v) is 5.58. The normalized spacial score (nSPS) is 16.9. The predicted molar refractivity (Wildman–Crippen MR) is 119 cm³/mol. The van der Waals surface area contributed by atoms with Gasteiger partial charge in [0.25, 0.3) is 0 Å². The zero-order valence-electron chi connectivity index (χ0n) is 17.0. The standard InChI is InChI=1S/C21H25Cl2N3O3S/c1-16(17-6-4-3-5-7-17)24(2)21(27)15-25-10-12-26(13-11-25)30(28,29)20-14-18(22)8-9-19(20)23/h3-9,14,16H,10-13,15H2,1-2H3. The maximum Gasteiger partial charge on any atom is 0.244 e. The molecule has 162 valence electrons. The summed E-state index contributed by atoms with van der Waals surface area (Å²) in [4.78, 5) is 16.4. The van der Waals surface area contributed by atoms with Crippen molar-refractivity contribution in [2.45, 2.75) is 17.9 Å². The number of halogens is 2. The van der Waals surface area contributed by atoms with E-state index in [1.807, 2.05) is 42.2 Å². The van der Waals surface area contributed by atoms with Gasteiger partial charge in [0, 0.05) is 38.2 Å². The van der Waals surface area contributed by atoms with Crippen LogP contribution in [0.1, 0.15) is 18.5 Å². The van der Waals surface area contributed by atoms with Crippen LogP contribution in [0.2, 0.25) is 10.0 Å². The SMILES string of the molecule is CC(c1ccccc1)N(C)C(=O)CN1CCN(S(=O)(=O)c2cc(Cl)ccc2Cl)CC1. The Hall–Kier alpha value is -1.64. The third kappa shape index (κ3) is 5.15. The Morgan fingerprint density at radius 2 is 1.70 bits per heavy atom. The summed E-state index contributed by atoms with van der Waals surface area (Å²) in [6.45, 7) is 3.76. The molecule has 1 unspecified atom stereocenters. The highest BCUT2D eigenvalue weighted by Gasteiger charge is 2.31. The molecule has 1 fully saturated rings. The Bertz CT molecular complexity index is 994. The molecule has 30 heavy (non-hydrogen) atoms. The number of hydrogen-bond acceptors (Lipinski definition) is 4. The highest BCUT2D eigenvalue weighted by atomic mass is 35.5. The van der Waals surface area contributed by atoms with Gasteiger partial charge in [-0.1, -0.05) is 53.5 Å². The first-order chi connectivity index (χ1) is 14.2. The number of carbonyl (C=O) groups excluding carboxylic acids is 1. The van der Waals surface area contributed by atoms with Crippen molar-refractivity contribution in [2.75, 3.05) is 39.8 Å². The molecule has 1 amide bonds. The molecular weight excluding hydrogens is 445 g/mol. The van der Waals surface area contributed by atoms with Crippen molar-refractivity contribution in [3.63, 3.8) is 0 Å². The van der Waals surface area contributed by atoms with Gasteiger partial charge >= 0.3 is 0 Å². The Balaban J connectivity index is 1.59. The average Bonchev–Trinajstić information content (AvgIpc) is 2.75. The van der Waals surface area contributed by atoms with Crippen molar-refractivity contribution in [1.29, 1.82) is 0 Å². The highest BCUT2D eigenvalue weighted by Crippen LogP contribution is 2.28. The van der Waals surface area contributed by atoms with Gasteiger partial charge < -0.3 is 4.90 Å². The third-order valence-electron chi connectivity index (χ3n) is 5.46. The quantitative estimate of drug-likeness (QED) is 0.649. The van der Waals surface area contributed by atoms with Gasteiger partial charge in [-0.3, -0.25) is 9.69 Å². The molecule has 0 N–H and O–H groups in total. The molecule has 1 heterocycles. The summed E-state index contributed by atoms with van der Waals surface area (Å²) in [5.41, 5.74) is 1.07. The molecule has 0 radical (unpaired) electrons. The van der Waals surface area contributed by atoms with E-state index >= 15 is 0 Å². The van der Waals surface area contributed by atoms with Gasteiger partial charge in [-0.2, -0.15) is 4.31 Å². The Morgan fingerprint density at radius 3 is 2.33 bits per heavy atom. The molecule has 2 aromatic rings. The largest absolute Gasteiger partial charge is 0.338 e. The molecule has 3 rings (SSSR count). The van der Waals surface area contributed by atoms with Gasteiger partial charge in [-0.05, 0) is 30.7 Å². The van der Waals surface area contributed by atoms with Crippen molar-refractivity contribution in [2.24, 2.45) is 0 Å². The topological polar surface area (TPSA) is 60.9 Å². The summed E-state index contributed by atoms with van der Waals surface area (Å²) in [5, 5.41) is 0.464. The molecule has 1 saturated heterocycles. The number of hydrogen-bond donors (Lipinski definition) is 0. The number of carbonyl (C=O) groups is 1. The van der Waals surface area contributed by atoms with Crippen LogP contribution in [0.15, 0.2) is 53.4 Å². The second kappa shape index (κ2) is 9.66. The van der Waals surface area contributed by atoms with Crippen LogP contribution in [0.4, 0.5) is 0 Å². The Morgan fingerprint density at radius 1 is 1.07 bits per heavy atom. The van der Waals surface area contributed by atoms with E-state index in [0.29, 0.717) is 18.1 Å². The molecule has 0 aromatic heterocycles. The van der Waals surface area contributed by atoms with Crippen LogP contribution in [-0.4, -0.2) is 68.2 Å². The van der Waals surface area contributed by atoms with Crippen molar-refractivity contribution >= 4 is 39.1 Å². The van der Waals surface area contributed by atoms with E-state index in [2.05, 4.69) is 0 Å². The Labute approximate surface area is 188 Å². The molecular formula is C21H25Cl2N3O3S. The smallest absolute Gasteiger partial charge is 0.244 e. The van der Waals surface area contributed by atoms with Crippen molar-refractivity contribution < 1.29 is 13.2 Å². The second-order valence-corrected chi connectivity index (χ2v) is 10.1. The van der Waals surface area contributed by atoms with E-state index in [9.17, 15) is 13.2 Å². The lowest BCUT2D eigenvalue weighted by Gasteiger charge is -2.35. The molecule has 0 saturated carbocycles. The summed E-state index contributed by atoms with van der Waals surface area (Å²) in [5.74, 6) is 0.000505. The molecule has 1 aliphatic heterocycles. The van der Waals surface area contributed by atoms with Crippen LogP contribution >= 0.6 is 23.2 Å². The number of rotatable bonds is 6. The van der Waals surface area contributed by atoms with Gasteiger partial charge in [0.15, 0.2) is 0 Å². The predicted octanol–water partition coefficient (Wildman–Crippen LogP) is 3.52. The minimum atomic E-state index is -3.74. The van der Waals surface area contributed by atoms with E-state index in [1.165, 1.54) is 16.4 Å². The fourth-order valence-electron chi connectivity index (χ4n) is 3.42. The summed E-state index contributed by atoms with van der Waals surface area (Å²) in [6.07, 6.45) is 0. The van der Waals surface area contributed by atoms with Gasteiger partial charge in [0.2, 0.25) is 15.9 Å². The average molecular weight is 470 g/mol. The zero-order chi connectivity index (χ0) is 21.9. The molecule has 0 aliphatic carbocycles. The molecule has 9 heteroatoms. The monoisotopic (exact) mass is 469 g/mol. The summed E-state index contributed by atoms with van der Waals surface area (Å²) >= 11 is 12.0.